The molecule has 1 atom stereocenters. The number of nitrogens with zero attached hydrogens (tertiary/aromatic N) is 1. The molecule has 1 unspecified atom stereocenters. The Bertz CT molecular complexity index is 795. The largest absolute Gasteiger partial charge is 0.474 e. The summed E-state index contributed by atoms with van der Waals surface area (Å²) in [6.45, 7) is 1.87. The fraction of sp³-hybridized carbons (Fsp3) is 0.400. The number of benzene rings is 1. The summed E-state index contributed by atoms with van der Waals surface area (Å²) < 4.78 is 32.8. The van der Waals surface area contributed by atoms with Crippen molar-refractivity contribution < 1.29 is 18.3 Å². The molecule has 0 bridgehead atoms. The van der Waals surface area contributed by atoms with Crippen molar-refractivity contribution in [3.05, 3.63) is 59.3 Å². The fourth-order valence-corrected chi connectivity index (χ4v) is 3.18. The zero-order chi connectivity index (χ0) is 19.2. The van der Waals surface area contributed by atoms with Crippen molar-refractivity contribution >= 4 is 6.03 Å². The van der Waals surface area contributed by atoms with Gasteiger partial charge >= 0.3 is 6.03 Å². The van der Waals surface area contributed by atoms with Gasteiger partial charge in [-0.05, 0) is 44.7 Å². The number of nitrogens with one attached hydrogen (secondary N) is 2. The van der Waals surface area contributed by atoms with Crippen LogP contribution in [0.1, 0.15) is 49.8 Å². The molecule has 1 saturated carbocycles. The topological polar surface area (TPSA) is 63.2 Å². The van der Waals surface area contributed by atoms with E-state index in [0.717, 1.165) is 43.4 Å². The van der Waals surface area contributed by atoms with E-state index in [2.05, 4.69) is 15.6 Å². The van der Waals surface area contributed by atoms with Gasteiger partial charge in [-0.25, -0.2) is 18.6 Å². The van der Waals surface area contributed by atoms with Gasteiger partial charge < -0.3 is 15.4 Å². The van der Waals surface area contributed by atoms with Crippen molar-refractivity contribution in [3.8, 4) is 5.88 Å². The highest BCUT2D eigenvalue weighted by Crippen LogP contribution is 2.25. The van der Waals surface area contributed by atoms with E-state index in [0.29, 0.717) is 5.88 Å². The first-order valence-corrected chi connectivity index (χ1v) is 9.13. The number of pyridine rings is 1. The van der Waals surface area contributed by atoms with Crippen LogP contribution in [0, 0.1) is 11.6 Å². The molecule has 1 aromatic heterocycles. The van der Waals surface area contributed by atoms with Gasteiger partial charge in [0.05, 0.1) is 6.04 Å². The fourth-order valence-electron chi connectivity index (χ4n) is 3.18. The second-order valence-corrected chi connectivity index (χ2v) is 6.71. The van der Waals surface area contributed by atoms with Gasteiger partial charge in [-0.15, -0.1) is 0 Å². The van der Waals surface area contributed by atoms with E-state index in [4.69, 9.17) is 4.74 Å². The van der Waals surface area contributed by atoms with Crippen molar-refractivity contribution in [2.24, 2.45) is 0 Å². The lowest BCUT2D eigenvalue weighted by atomic mass is 10.1. The Balaban J connectivity index is 1.56. The van der Waals surface area contributed by atoms with E-state index in [1.54, 1.807) is 19.2 Å². The molecule has 144 valence electrons. The Kier molecular flexibility index (Phi) is 6.21. The molecule has 5 nitrogen and oxygen atoms in total. The number of carbonyl (C=O) groups is 1. The molecule has 1 heterocycles. The standard InChI is InChI=1S/C20H23F2N3O2/c1-13(17-9-8-15(21)11-18(17)22)25-20(26)24-12-14-5-4-10-23-19(14)27-16-6-2-3-7-16/h4-5,8-11,13,16H,2-3,6-7,12H2,1H3,(H2,24,25,26). The van der Waals surface area contributed by atoms with Gasteiger partial charge in [-0.3, -0.25) is 0 Å². The highest BCUT2D eigenvalue weighted by Gasteiger charge is 2.19. The van der Waals surface area contributed by atoms with Gasteiger partial charge in [0.2, 0.25) is 5.88 Å². The second kappa shape index (κ2) is 8.79. The number of hydrogen-bond acceptors (Lipinski definition) is 3. The molecule has 1 aliphatic carbocycles. The molecule has 2 aromatic rings. The number of ether oxygens (including phenoxy) is 1. The molecule has 27 heavy (non-hydrogen) atoms. The molecule has 3 rings (SSSR count). The molecule has 7 heteroatoms. The average Bonchev–Trinajstić information content (AvgIpc) is 3.14. The average molecular weight is 375 g/mol. The number of aromatic nitrogens is 1. The Hall–Kier alpha value is -2.70. The number of rotatable bonds is 6. The third-order valence-electron chi connectivity index (χ3n) is 4.65. The SMILES string of the molecule is CC(NC(=O)NCc1cccnc1OC1CCCC1)c1ccc(F)cc1F. The Morgan fingerprint density at radius 3 is 2.81 bits per heavy atom. The molecule has 0 spiro atoms. The zero-order valence-corrected chi connectivity index (χ0v) is 15.2. The van der Waals surface area contributed by atoms with Crippen LogP contribution in [0.2, 0.25) is 0 Å². The zero-order valence-electron chi connectivity index (χ0n) is 15.2. The van der Waals surface area contributed by atoms with Gasteiger partial charge in [0.15, 0.2) is 0 Å². The molecule has 1 fully saturated rings. The highest BCUT2D eigenvalue weighted by molar-refractivity contribution is 5.74. The molecule has 1 aliphatic rings. The predicted octanol–water partition coefficient (Wildman–Crippen LogP) is 4.24. The maximum Gasteiger partial charge on any atom is 0.315 e. The van der Waals surface area contributed by atoms with Gasteiger partial charge in [0.25, 0.3) is 0 Å². The van der Waals surface area contributed by atoms with Gasteiger partial charge in [0.1, 0.15) is 17.7 Å². The van der Waals surface area contributed by atoms with Gasteiger partial charge in [-0.1, -0.05) is 12.1 Å². The van der Waals surface area contributed by atoms with Crippen LogP contribution in [0.15, 0.2) is 36.5 Å². The molecule has 2 amide bonds. The first kappa shape index (κ1) is 19.1. The number of urea groups is 1. The molecular formula is C20H23F2N3O2. The number of hydrogen-bond donors (Lipinski definition) is 2. The lowest BCUT2D eigenvalue weighted by Crippen LogP contribution is -2.37. The molecular weight excluding hydrogens is 352 g/mol. The first-order chi connectivity index (χ1) is 13.0. The van der Waals surface area contributed by atoms with Gasteiger partial charge in [0, 0.05) is 29.9 Å². The van der Waals surface area contributed by atoms with Crippen LogP contribution in [0.3, 0.4) is 0 Å². The normalized spacial score (nSPS) is 15.4. The maximum atomic E-state index is 13.8. The Morgan fingerprint density at radius 1 is 1.30 bits per heavy atom. The second-order valence-electron chi connectivity index (χ2n) is 6.71. The smallest absolute Gasteiger partial charge is 0.315 e. The minimum Gasteiger partial charge on any atom is -0.474 e. The van der Waals surface area contributed by atoms with Crippen LogP contribution in [-0.2, 0) is 6.54 Å². The van der Waals surface area contributed by atoms with E-state index >= 15 is 0 Å². The number of carbonyl (C=O) groups excluding carboxylic acids is 1. The molecule has 1 aromatic carbocycles. The van der Waals surface area contributed by atoms with Crippen molar-refractivity contribution in [3.63, 3.8) is 0 Å². The minimum atomic E-state index is -0.692. The summed E-state index contributed by atoms with van der Waals surface area (Å²) in [4.78, 5) is 16.4. The molecule has 0 saturated heterocycles. The minimum absolute atomic E-state index is 0.175. The number of amides is 2. The van der Waals surface area contributed by atoms with Crippen LogP contribution in [0.25, 0.3) is 0 Å². The molecule has 0 radical (unpaired) electrons. The van der Waals surface area contributed by atoms with Crippen LogP contribution >= 0.6 is 0 Å². The summed E-state index contributed by atoms with van der Waals surface area (Å²) in [5.41, 5.74) is 0.998. The Morgan fingerprint density at radius 2 is 2.07 bits per heavy atom. The lowest BCUT2D eigenvalue weighted by Gasteiger charge is -2.17. The van der Waals surface area contributed by atoms with Crippen molar-refractivity contribution in [1.82, 2.24) is 15.6 Å². The first-order valence-electron chi connectivity index (χ1n) is 9.13. The van der Waals surface area contributed by atoms with Crippen molar-refractivity contribution in [2.45, 2.75) is 51.3 Å². The van der Waals surface area contributed by atoms with Crippen LogP contribution < -0.4 is 15.4 Å². The summed E-state index contributed by atoms with van der Waals surface area (Å²) in [6.07, 6.45) is 6.19. The predicted molar refractivity (Wildman–Crippen MR) is 97.3 cm³/mol. The maximum absolute atomic E-state index is 13.8. The third-order valence-corrected chi connectivity index (χ3v) is 4.65. The van der Waals surface area contributed by atoms with Crippen molar-refractivity contribution in [1.29, 1.82) is 0 Å². The van der Waals surface area contributed by atoms with E-state index in [1.807, 2.05) is 6.07 Å². The van der Waals surface area contributed by atoms with Gasteiger partial charge in [-0.2, -0.15) is 0 Å². The summed E-state index contributed by atoms with van der Waals surface area (Å²) in [7, 11) is 0. The summed E-state index contributed by atoms with van der Waals surface area (Å²) >= 11 is 0. The molecule has 0 aliphatic heterocycles. The van der Waals surface area contributed by atoms with Crippen LogP contribution in [0.5, 0.6) is 5.88 Å². The molecule has 2 N–H and O–H groups in total. The summed E-state index contributed by atoms with van der Waals surface area (Å²) in [6, 6.07) is 5.86. The van der Waals surface area contributed by atoms with Crippen LogP contribution in [0.4, 0.5) is 13.6 Å². The van der Waals surface area contributed by atoms with E-state index in [1.165, 1.54) is 6.07 Å². The highest BCUT2D eigenvalue weighted by atomic mass is 19.1. The quantitative estimate of drug-likeness (QED) is 0.794. The monoisotopic (exact) mass is 375 g/mol. The van der Waals surface area contributed by atoms with Crippen LogP contribution in [-0.4, -0.2) is 17.1 Å². The Labute approximate surface area is 157 Å². The van der Waals surface area contributed by atoms with Crippen molar-refractivity contribution in [2.75, 3.05) is 0 Å². The third kappa shape index (κ3) is 5.15. The number of halogens is 2. The lowest BCUT2D eigenvalue weighted by molar-refractivity contribution is 0.198. The van der Waals surface area contributed by atoms with E-state index in [9.17, 15) is 13.6 Å². The summed E-state index contributed by atoms with van der Waals surface area (Å²) in [5, 5.41) is 5.37. The van der Waals surface area contributed by atoms with E-state index in [-0.39, 0.29) is 18.2 Å². The van der Waals surface area contributed by atoms with E-state index < -0.39 is 23.7 Å². The summed E-state index contributed by atoms with van der Waals surface area (Å²) in [5.74, 6) is -0.816.